The average Bonchev–Trinajstić information content (AvgIpc) is 1.70. The lowest BCUT2D eigenvalue weighted by molar-refractivity contribution is 0.493. The fourth-order valence-electron chi connectivity index (χ4n) is 8.42. The summed E-state index contributed by atoms with van der Waals surface area (Å²) in [5, 5.41) is 7.17. The van der Waals surface area contributed by atoms with Gasteiger partial charge in [-0.15, -0.1) is 10.2 Å². The summed E-state index contributed by atoms with van der Waals surface area (Å²) in [6.45, 7) is 19.2. The van der Waals surface area contributed by atoms with Crippen LogP contribution in [-0.4, -0.2) is 67.8 Å². The molecule has 2 aromatic carbocycles. The second kappa shape index (κ2) is 36.2. The molecule has 2 aliphatic carbocycles. The molecule has 13 aromatic rings. The number of allylic oxidation sites excluding steroid dienone is 9. The van der Waals surface area contributed by atoms with Crippen molar-refractivity contribution in [2.75, 3.05) is 6.54 Å². The molecule has 0 saturated carbocycles. The van der Waals surface area contributed by atoms with Crippen LogP contribution in [0.4, 0.5) is 0 Å². The van der Waals surface area contributed by atoms with Gasteiger partial charge in [-0.25, -0.2) is 44.9 Å². The Morgan fingerprint density at radius 3 is 1.26 bits per heavy atom. The summed E-state index contributed by atoms with van der Waals surface area (Å²) < 4.78 is 55.6. The number of aromatic nitrogens is 11. The zero-order valence-corrected chi connectivity index (χ0v) is 52.3. The molecule has 492 valence electrons. The Morgan fingerprint density at radius 1 is 0.379 bits per heavy atom. The van der Waals surface area contributed by atoms with Crippen LogP contribution >= 0.6 is 0 Å². The van der Waals surface area contributed by atoms with Crippen molar-refractivity contribution >= 4 is 22.9 Å². The first-order valence-electron chi connectivity index (χ1n) is 28.8. The molecule has 1 aliphatic heterocycles. The number of aliphatic imine (C=N–C) groups is 1. The fraction of sp³-hybridized carbons (Fsp3) is 0.222. The number of rotatable bonds is 8. The quantitative estimate of drug-likeness (QED) is 0.136. The normalized spacial score (nSPS) is 11.8. The predicted octanol–water partition coefficient (Wildman–Crippen LogP) is 18.8. The van der Waals surface area contributed by atoms with Gasteiger partial charge in [-0.1, -0.05) is 125 Å². The second-order valence-electron chi connectivity index (χ2n) is 19.9. The van der Waals surface area contributed by atoms with Crippen molar-refractivity contribution in [3.05, 3.63) is 254 Å². The third-order valence-corrected chi connectivity index (χ3v) is 12.8. The highest BCUT2D eigenvalue weighted by Gasteiger charge is 2.15. The Morgan fingerprint density at radius 2 is 0.874 bits per heavy atom. The molecule has 0 atom stereocenters. The summed E-state index contributed by atoms with van der Waals surface area (Å²) in [7, 11) is 0. The Balaban J connectivity index is 0.000000173. The van der Waals surface area contributed by atoms with Crippen molar-refractivity contribution < 1.29 is 48.6 Å². The molecule has 16 rings (SSSR count). The molecule has 12 heterocycles. The number of nitrogens with zero attached hydrogens (tertiary/aromatic N) is 12. The molecular formula is C72H78N12O11. The summed E-state index contributed by atoms with van der Waals surface area (Å²) in [4.78, 5) is 41.3. The van der Waals surface area contributed by atoms with Gasteiger partial charge in [0, 0.05) is 83.9 Å². The van der Waals surface area contributed by atoms with E-state index in [9.17, 15) is 0 Å². The highest BCUT2D eigenvalue weighted by atomic mass is 16.4. The summed E-state index contributed by atoms with van der Waals surface area (Å²) in [6, 6.07) is 22.0. The Hall–Kier alpha value is -11.9. The summed E-state index contributed by atoms with van der Waals surface area (Å²) >= 11 is 0. The zero-order chi connectivity index (χ0) is 64.6. The molecule has 11 aromatic heterocycles. The van der Waals surface area contributed by atoms with E-state index in [0.717, 1.165) is 105 Å². The Labute approximate surface area is 551 Å². The number of oxazole rings is 9. The topological polar surface area (TPSA) is 299 Å². The molecule has 0 bridgehead atoms. The van der Waals surface area contributed by atoms with Crippen molar-refractivity contribution in [3.8, 4) is 56.8 Å². The number of hydrogen-bond donors (Lipinski definition) is 0. The van der Waals surface area contributed by atoms with Gasteiger partial charge in [0.2, 0.25) is 6.39 Å². The van der Waals surface area contributed by atoms with Crippen LogP contribution in [0, 0.1) is 69.2 Å². The Kier molecular flexibility index (Phi) is 27.5. The summed E-state index contributed by atoms with van der Waals surface area (Å²) in [5.74, 6) is 7.59. The minimum atomic E-state index is 0. The second-order valence-corrected chi connectivity index (χ2v) is 19.9. The van der Waals surface area contributed by atoms with Gasteiger partial charge < -0.3 is 48.6 Å². The first-order valence-corrected chi connectivity index (χ1v) is 28.8. The molecule has 0 fully saturated rings. The number of benzene rings is 2. The molecule has 3 aliphatic rings. The predicted molar refractivity (Wildman–Crippen MR) is 362 cm³/mol. The van der Waals surface area contributed by atoms with E-state index in [1.54, 1.807) is 57.7 Å². The average molecular weight is 1290 g/mol. The lowest BCUT2D eigenvalue weighted by Crippen LogP contribution is -1.82. The van der Waals surface area contributed by atoms with Crippen LogP contribution < -0.4 is 0 Å². The van der Waals surface area contributed by atoms with Crippen molar-refractivity contribution in [1.29, 1.82) is 0 Å². The first kappa shape index (κ1) is 72.2. The molecule has 23 nitrogen and oxygen atoms in total. The maximum atomic E-state index is 5.74. The van der Waals surface area contributed by atoms with E-state index in [1.165, 1.54) is 36.5 Å². The largest absolute Gasteiger partial charge is 0.472 e. The maximum Gasteiger partial charge on any atom is 0.269 e. The molecule has 0 spiro atoms. The van der Waals surface area contributed by atoms with Gasteiger partial charge in [0.1, 0.15) is 89.5 Å². The van der Waals surface area contributed by atoms with E-state index in [1.807, 2.05) is 134 Å². The molecule has 0 radical (unpaired) electrons. The van der Waals surface area contributed by atoms with E-state index in [-0.39, 0.29) is 22.3 Å². The van der Waals surface area contributed by atoms with Crippen molar-refractivity contribution in [3.63, 3.8) is 0 Å². The lowest BCUT2D eigenvalue weighted by Gasteiger charge is -2.00. The SMILES string of the molecule is C.C.C.Cc1nc(-c2ccccc2)c(-c2ccccc2)o1.Cc1nc(-c2ccoc2)co1.Cc1nc(-c2cocn2)co1.Cc1nc(-c2nnco2)co1.Cc1nc(C)c(C)o1.Cc1nc(C2=CCC=C2)co1.Cc1nc(C2=CCC=C2)co1.Cc1nc(C2=CCN=C2)co1. The van der Waals surface area contributed by atoms with Crippen LogP contribution in [0.15, 0.2) is 232 Å². The fourth-order valence-corrected chi connectivity index (χ4v) is 8.42. The standard InChI is InChI=1S/C16H13NO.2C9H9NO.C8H8N2O.C8H7NO2.C7H6N2O2.C6H5N3O2.C6H9NO.3CH4/c1-12-17-15(13-8-4-2-5-9-13)16(18-12)14-10-6-3-7-11-14;2*1-7-10-9(6-11-7)8-4-2-3-5-8;1-6-10-8(5-11-6)7-2-3-9-4-7;1-6-9-8(5-11-6)7-2-3-10-4-7;1-5-9-7(3-11-5)6-2-10-4-8-6;1-4-8-5(2-10-4)6-9-7-3-11-6;1-4-5(2)8-6(3)7-4;;;/h2-11H,1H3;2*2,4-6H,3H2,1H3;2,4-5H,3H2,1H3;2-5H,1H3;2-4H,1H3;2-3H,1H3;1-3H3;3*1H4. The van der Waals surface area contributed by atoms with E-state index in [4.69, 9.17) is 48.6 Å². The third kappa shape index (κ3) is 21.6. The van der Waals surface area contributed by atoms with Crippen molar-refractivity contribution in [2.45, 2.75) is 104 Å². The highest BCUT2D eigenvalue weighted by Crippen LogP contribution is 2.32. The maximum absolute atomic E-state index is 5.74. The molecule has 0 amide bonds. The number of hydrogen-bond acceptors (Lipinski definition) is 23. The van der Waals surface area contributed by atoms with Gasteiger partial charge in [0.05, 0.1) is 24.8 Å². The molecular weight excluding hydrogens is 1210 g/mol. The highest BCUT2D eigenvalue weighted by molar-refractivity contribution is 6.10. The monoisotopic (exact) mass is 1290 g/mol. The van der Waals surface area contributed by atoms with E-state index in [2.05, 4.69) is 96.5 Å². The minimum absolute atomic E-state index is 0. The van der Waals surface area contributed by atoms with E-state index < -0.39 is 0 Å². The summed E-state index contributed by atoms with van der Waals surface area (Å²) in [5.41, 5.74) is 13.9. The van der Waals surface area contributed by atoms with Crippen LogP contribution in [0.1, 0.15) is 111 Å². The number of furan rings is 1. The van der Waals surface area contributed by atoms with Crippen LogP contribution in [-0.2, 0) is 0 Å². The van der Waals surface area contributed by atoms with Crippen LogP contribution in [0.5, 0.6) is 0 Å². The van der Waals surface area contributed by atoms with Gasteiger partial charge in [0.15, 0.2) is 65.0 Å². The van der Waals surface area contributed by atoms with E-state index >= 15 is 0 Å². The van der Waals surface area contributed by atoms with Gasteiger partial charge in [-0.3, -0.25) is 4.99 Å². The van der Waals surface area contributed by atoms with Crippen LogP contribution in [0.2, 0.25) is 0 Å². The van der Waals surface area contributed by atoms with Crippen LogP contribution in [0.25, 0.3) is 73.5 Å². The van der Waals surface area contributed by atoms with Crippen LogP contribution in [0.3, 0.4) is 0 Å². The molecule has 0 N–H and O–H groups in total. The smallest absolute Gasteiger partial charge is 0.269 e. The molecule has 95 heavy (non-hydrogen) atoms. The third-order valence-electron chi connectivity index (χ3n) is 12.8. The molecule has 0 saturated heterocycles. The van der Waals surface area contributed by atoms with Gasteiger partial charge in [0.25, 0.3) is 5.89 Å². The van der Waals surface area contributed by atoms with E-state index in [0.29, 0.717) is 52.4 Å². The number of aryl methyl sites for hydroxylation is 10. The van der Waals surface area contributed by atoms with Crippen molar-refractivity contribution in [1.82, 2.24) is 55.1 Å². The van der Waals surface area contributed by atoms with Gasteiger partial charge in [-0.05, 0) is 43.9 Å². The van der Waals surface area contributed by atoms with Gasteiger partial charge >= 0.3 is 0 Å². The Bertz CT molecular complexity index is 4100. The van der Waals surface area contributed by atoms with Gasteiger partial charge in [-0.2, -0.15) is 0 Å². The molecule has 23 heteroatoms. The first-order chi connectivity index (χ1) is 44.7. The zero-order valence-electron chi connectivity index (χ0n) is 52.3. The lowest BCUT2D eigenvalue weighted by atomic mass is 10.1. The van der Waals surface area contributed by atoms with Crippen molar-refractivity contribution in [2.24, 2.45) is 4.99 Å². The summed E-state index contributed by atoms with van der Waals surface area (Å²) in [6.07, 6.45) is 35.5. The minimum Gasteiger partial charge on any atom is -0.472 e. The molecule has 0 unspecified atom stereocenters.